The lowest BCUT2D eigenvalue weighted by atomic mass is 10.0. The summed E-state index contributed by atoms with van der Waals surface area (Å²) in [6, 6.07) is 2.42. The van der Waals surface area contributed by atoms with Crippen LogP contribution in [0.3, 0.4) is 0 Å². The second-order valence-corrected chi connectivity index (χ2v) is 3.49. The smallest absolute Gasteiger partial charge is 0.127 e. The van der Waals surface area contributed by atoms with E-state index in [1.54, 1.807) is 6.92 Å². The highest BCUT2D eigenvalue weighted by atomic mass is 35.5. The Kier molecular flexibility index (Phi) is 3.26. The van der Waals surface area contributed by atoms with Crippen molar-refractivity contribution >= 4 is 11.6 Å². The molecule has 0 N–H and O–H groups in total. The summed E-state index contributed by atoms with van der Waals surface area (Å²) in [4.78, 5) is 0. The van der Waals surface area contributed by atoms with E-state index in [1.165, 1.54) is 19.1 Å². The van der Waals surface area contributed by atoms with Gasteiger partial charge in [0.15, 0.2) is 0 Å². The lowest BCUT2D eigenvalue weighted by molar-refractivity contribution is 0.570. The lowest BCUT2D eigenvalue weighted by Gasteiger charge is -2.10. The van der Waals surface area contributed by atoms with Crippen LogP contribution in [0.5, 0.6) is 0 Å². The van der Waals surface area contributed by atoms with Gasteiger partial charge >= 0.3 is 0 Å². The highest BCUT2D eigenvalue weighted by Gasteiger charge is 2.12. The molecule has 0 fully saturated rings. The average Bonchev–Trinajstić information content (AvgIpc) is 2.10. The Morgan fingerprint density at radius 3 is 2.46 bits per heavy atom. The maximum Gasteiger partial charge on any atom is 0.127 e. The maximum absolute atomic E-state index is 13.2. The van der Waals surface area contributed by atoms with Gasteiger partial charge in [-0.15, -0.1) is 11.6 Å². The van der Waals surface area contributed by atoms with Gasteiger partial charge in [-0.05, 0) is 36.1 Å². The van der Waals surface area contributed by atoms with Crippen LogP contribution in [0.25, 0.3) is 0 Å². The largest absolute Gasteiger partial charge is 0.207 e. The first-order valence-corrected chi connectivity index (χ1v) is 4.61. The molecule has 3 heteroatoms. The van der Waals surface area contributed by atoms with Crippen molar-refractivity contribution < 1.29 is 8.78 Å². The standard InChI is InChI=1S/C10H11ClF2/c1-6-3-10(13)8(4-9(6)12)7(2)5-11/h3-4,7H,5H2,1-2H3. The van der Waals surface area contributed by atoms with Crippen molar-refractivity contribution in [1.82, 2.24) is 0 Å². The SMILES string of the molecule is Cc1cc(F)c(C(C)CCl)cc1F. The number of hydrogen-bond acceptors (Lipinski definition) is 0. The van der Waals surface area contributed by atoms with E-state index in [9.17, 15) is 8.78 Å². The Hall–Kier alpha value is -0.630. The predicted molar refractivity (Wildman–Crippen MR) is 50.2 cm³/mol. The molecule has 0 aliphatic rings. The molecule has 0 saturated carbocycles. The molecule has 1 aromatic rings. The molecule has 1 unspecified atom stereocenters. The maximum atomic E-state index is 13.2. The molecule has 0 bridgehead atoms. The third-order valence-electron chi connectivity index (χ3n) is 2.04. The van der Waals surface area contributed by atoms with Crippen LogP contribution in [0.15, 0.2) is 12.1 Å². The van der Waals surface area contributed by atoms with Crippen molar-refractivity contribution in [3.8, 4) is 0 Å². The zero-order valence-electron chi connectivity index (χ0n) is 7.57. The minimum absolute atomic E-state index is 0.156. The van der Waals surface area contributed by atoms with Gasteiger partial charge in [0.05, 0.1) is 0 Å². The van der Waals surface area contributed by atoms with Crippen LogP contribution in [0.1, 0.15) is 24.0 Å². The zero-order valence-corrected chi connectivity index (χ0v) is 8.33. The van der Waals surface area contributed by atoms with Gasteiger partial charge in [-0.1, -0.05) is 6.92 Å². The van der Waals surface area contributed by atoms with Gasteiger partial charge in [-0.3, -0.25) is 0 Å². The highest BCUT2D eigenvalue weighted by molar-refractivity contribution is 6.18. The average molecular weight is 205 g/mol. The molecule has 0 nitrogen and oxygen atoms in total. The molecule has 0 aromatic heterocycles. The predicted octanol–water partition coefficient (Wildman–Crippen LogP) is 3.62. The molecule has 0 aliphatic heterocycles. The van der Waals surface area contributed by atoms with Crippen LogP contribution < -0.4 is 0 Å². The number of benzene rings is 1. The Balaban J connectivity index is 3.15. The molecule has 72 valence electrons. The van der Waals surface area contributed by atoms with Crippen molar-refractivity contribution in [2.24, 2.45) is 0 Å². The number of alkyl halides is 1. The van der Waals surface area contributed by atoms with Crippen LogP contribution in [0, 0.1) is 18.6 Å². The Labute approximate surface area is 81.5 Å². The third-order valence-corrected chi connectivity index (χ3v) is 2.50. The summed E-state index contributed by atoms with van der Waals surface area (Å²) in [5, 5.41) is 0. The highest BCUT2D eigenvalue weighted by Crippen LogP contribution is 2.22. The number of halogens is 3. The van der Waals surface area contributed by atoms with E-state index in [2.05, 4.69) is 0 Å². The van der Waals surface area contributed by atoms with Crippen molar-refractivity contribution in [2.45, 2.75) is 19.8 Å². The molecule has 0 radical (unpaired) electrons. The van der Waals surface area contributed by atoms with Crippen LogP contribution in [-0.4, -0.2) is 5.88 Å². The summed E-state index contributed by atoms with van der Waals surface area (Å²) in [6.45, 7) is 3.30. The zero-order chi connectivity index (χ0) is 10.0. The summed E-state index contributed by atoms with van der Waals surface area (Å²) in [5.74, 6) is -0.628. The van der Waals surface area contributed by atoms with E-state index in [4.69, 9.17) is 11.6 Å². The fourth-order valence-corrected chi connectivity index (χ4v) is 1.29. The van der Waals surface area contributed by atoms with E-state index in [0.717, 1.165) is 0 Å². The molecule has 0 heterocycles. The fraction of sp³-hybridized carbons (Fsp3) is 0.400. The van der Waals surface area contributed by atoms with Crippen LogP contribution in [0.2, 0.25) is 0 Å². The fourth-order valence-electron chi connectivity index (χ4n) is 1.12. The molecule has 1 rings (SSSR count). The van der Waals surface area contributed by atoms with Gasteiger partial charge in [0.25, 0.3) is 0 Å². The van der Waals surface area contributed by atoms with E-state index >= 15 is 0 Å². The summed E-state index contributed by atoms with van der Waals surface area (Å²) in [6.07, 6.45) is 0. The van der Waals surface area contributed by atoms with Gasteiger partial charge in [-0.25, -0.2) is 8.78 Å². The van der Waals surface area contributed by atoms with Crippen LogP contribution >= 0.6 is 11.6 Å². The minimum atomic E-state index is -0.382. The lowest BCUT2D eigenvalue weighted by Crippen LogP contribution is -2.00. The van der Waals surface area contributed by atoms with Crippen molar-refractivity contribution in [1.29, 1.82) is 0 Å². The summed E-state index contributed by atoms with van der Waals surface area (Å²) < 4.78 is 26.3. The van der Waals surface area contributed by atoms with E-state index in [0.29, 0.717) is 17.0 Å². The third kappa shape index (κ3) is 2.19. The molecule has 1 aromatic carbocycles. The van der Waals surface area contributed by atoms with Gasteiger partial charge in [0.1, 0.15) is 11.6 Å². The van der Waals surface area contributed by atoms with Gasteiger partial charge in [0.2, 0.25) is 0 Å². The van der Waals surface area contributed by atoms with Gasteiger partial charge in [0, 0.05) is 5.88 Å². The van der Waals surface area contributed by atoms with Crippen molar-refractivity contribution in [3.05, 3.63) is 34.9 Å². The second kappa shape index (κ2) is 4.05. The van der Waals surface area contributed by atoms with Gasteiger partial charge < -0.3 is 0 Å². The number of rotatable bonds is 2. The molecule has 0 amide bonds. The molecule has 0 saturated heterocycles. The van der Waals surface area contributed by atoms with E-state index < -0.39 is 0 Å². The van der Waals surface area contributed by atoms with Gasteiger partial charge in [-0.2, -0.15) is 0 Å². The summed E-state index contributed by atoms with van der Waals surface area (Å²) in [5.41, 5.74) is 0.668. The molecule has 1 atom stereocenters. The first-order valence-electron chi connectivity index (χ1n) is 4.07. The molecular formula is C10H11ClF2. The Morgan fingerprint density at radius 1 is 1.31 bits per heavy atom. The van der Waals surface area contributed by atoms with Crippen LogP contribution in [0.4, 0.5) is 8.78 Å². The monoisotopic (exact) mass is 204 g/mol. The normalized spacial score (nSPS) is 13.0. The molecule has 13 heavy (non-hydrogen) atoms. The van der Waals surface area contributed by atoms with Crippen LogP contribution in [-0.2, 0) is 0 Å². The second-order valence-electron chi connectivity index (χ2n) is 3.18. The van der Waals surface area contributed by atoms with Crippen molar-refractivity contribution in [2.75, 3.05) is 5.88 Å². The summed E-state index contributed by atoms with van der Waals surface area (Å²) >= 11 is 5.56. The number of aryl methyl sites for hydroxylation is 1. The van der Waals surface area contributed by atoms with E-state index in [-0.39, 0.29) is 17.6 Å². The molecule has 0 spiro atoms. The first-order chi connectivity index (χ1) is 6.06. The topological polar surface area (TPSA) is 0 Å². The minimum Gasteiger partial charge on any atom is -0.207 e. The van der Waals surface area contributed by atoms with E-state index in [1.807, 2.05) is 0 Å². The quantitative estimate of drug-likeness (QED) is 0.646. The summed E-state index contributed by atoms with van der Waals surface area (Å²) in [7, 11) is 0. The molecular weight excluding hydrogens is 194 g/mol. The Bertz CT molecular complexity index is 310. The Morgan fingerprint density at radius 2 is 1.92 bits per heavy atom. The first kappa shape index (κ1) is 10.5. The molecule has 0 aliphatic carbocycles. The van der Waals surface area contributed by atoms with Crippen molar-refractivity contribution in [3.63, 3.8) is 0 Å². The number of hydrogen-bond donors (Lipinski definition) is 0.